The molecule has 0 fully saturated rings. The Hall–Kier alpha value is -0.0100. The Morgan fingerprint density at radius 3 is 2.50 bits per heavy atom. The highest BCUT2D eigenvalue weighted by atomic mass is 127. The summed E-state index contributed by atoms with van der Waals surface area (Å²) in [6.07, 6.45) is -6.72. The summed E-state index contributed by atoms with van der Waals surface area (Å²) in [5.74, 6) is 0. The van der Waals surface area contributed by atoms with Crippen molar-refractivity contribution in [1.29, 1.82) is 0 Å². The standard InChI is InChI=1S/C10H9ClF3IO/c11-7-5-6(1-2-8(7)15)9(16)3-4-10(12,13)14/h1-2,5,9,16H,3-4H2. The van der Waals surface area contributed by atoms with Gasteiger partial charge in [0, 0.05) is 9.99 Å². The van der Waals surface area contributed by atoms with Gasteiger partial charge in [-0.05, 0) is 46.7 Å². The summed E-state index contributed by atoms with van der Waals surface area (Å²) < 4.78 is 36.6. The molecule has 0 radical (unpaired) electrons. The van der Waals surface area contributed by atoms with Crippen LogP contribution in [-0.4, -0.2) is 11.3 Å². The Balaban J connectivity index is 2.66. The molecule has 1 nitrogen and oxygen atoms in total. The third kappa shape index (κ3) is 4.47. The molecule has 0 amide bonds. The van der Waals surface area contributed by atoms with Gasteiger partial charge in [0.15, 0.2) is 0 Å². The zero-order chi connectivity index (χ0) is 12.3. The predicted octanol–water partition coefficient (Wildman–Crippen LogP) is 4.32. The van der Waals surface area contributed by atoms with Crippen LogP contribution in [0.15, 0.2) is 18.2 Å². The van der Waals surface area contributed by atoms with Crippen LogP contribution in [0.5, 0.6) is 0 Å². The maximum atomic E-state index is 11.9. The summed E-state index contributed by atoms with van der Waals surface area (Å²) in [6, 6.07) is 4.73. The second-order valence-corrected chi connectivity index (χ2v) is 4.91. The minimum Gasteiger partial charge on any atom is -0.388 e. The van der Waals surface area contributed by atoms with Crippen molar-refractivity contribution in [2.45, 2.75) is 25.1 Å². The van der Waals surface area contributed by atoms with E-state index in [2.05, 4.69) is 0 Å². The topological polar surface area (TPSA) is 20.2 Å². The quantitative estimate of drug-likeness (QED) is 0.792. The van der Waals surface area contributed by atoms with Crippen LogP contribution in [0.25, 0.3) is 0 Å². The maximum Gasteiger partial charge on any atom is 0.389 e. The molecular formula is C10H9ClF3IO. The van der Waals surface area contributed by atoms with E-state index < -0.39 is 18.7 Å². The smallest absolute Gasteiger partial charge is 0.388 e. The maximum absolute atomic E-state index is 11.9. The molecule has 0 aromatic heterocycles. The summed E-state index contributed by atoms with van der Waals surface area (Å²) >= 11 is 7.81. The molecule has 0 bridgehead atoms. The van der Waals surface area contributed by atoms with Crippen LogP contribution in [0.4, 0.5) is 13.2 Å². The van der Waals surface area contributed by atoms with Crippen molar-refractivity contribution < 1.29 is 18.3 Å². The molecule has 90 valence electrons. The van der Waals surface area contributed by atoms with Crippen LogP contribution < -0.4 is 0 Å². The molecule has 0 saturated carbocycles. The van der Waals surface area contributed by atoms with E-state index in [1.54, 1.807) is 12.1 Å². The number of alkyl halides is 3. The van der Waals surface area contributed by atoms with Gasteiger partial charge < -0.3 is 5.11 Å². The fourth-order valence-corrected chi connectivity index (χ4v) is 1.71. The van der Waals surface area contributed by atoms with Gasteiger partial charge in [0.1, 0.15) is 0 Å². The van der Waals surface area contributed by atoms with Crippen molar-refractivity contribution >= 4 is 34.2 Å². The number of aliphatic hydroxyl groups excluding tert-OH is 1. The monoisotopic (exact) mass is 364 g/mol. The van der Waals surface area contributed by atoms with Gasteiger partial charge in [0.25, 0.3) is 0 Å². The van der Waals surface area contributed by atoms with Gasteiger partial charge in [0.2, 0.25) is 0 Å². The number of rotatable bonds is 3. The van der Waals surface area contributed by atoms with Crippen molar-refractivity contribution in [1.82, 2.24) is 0 Å². The minimum atomic E-state index is -4.24. The molecule has 1 rings (SSSR count). The van der Waals surface area contributed by atoms with Crippen LogP contribution in [0.1, 0.15) is 24.5 Å². The number of aliphatic hydroxyl groups is 1. The first-order valence-corrected chi connectivity index (χ1v) is 5.95. The molecule has 0 aliphatic rings. The lowest BCUT2D eigenvalue weighted by Crippen LogP contribution is -2.10. The molecule has 0 saturated heterocycles. The Labute approximate surface area is 110 Å². The van der Waals surface area contributed by atoms with Gasteiger partial charge in [-0.1, -0.05) is 17.7 Å². The van der Waals surface area contributed by atoms with E-state index in [9.17, 15) is 18.3 Å². The molecule has 16 heavy (non-hydrogen) atoms. The first kappa shape index (κ1) is 14.1. The molecule has 1 aromatic carbocycles. The zero-order valence-corrected chi connectivity index (χ0v) is 11.0. The van der Waals surface area contributed by atoms with Crippen LogP contribution in [-0.2, 0) is 0 Å². The van der Waals surface area contributed by atoms with Crippen molar-refractivity contribution in [2.75, 3.05) is 0 Å². The fraction of sp³-hybridized carbons (Fsp3) is 0.400. The molecule has 0 heterocycles. The van der Waals surface area contributed by atoms with Crippen LogP contribution in [0.3, 0.4) is 0 Å². The lowest BCUT2D eigenvalue weighted by molar-refractivity contribution is -0.140. The summed E-state index contributed by atoms with van der Waals surface area (Å²) in [5.41, 5.74) is 0.412. The number of hydrogen-bond donors (Lipinski definition) is 1. The van der Waals surface area contributed by atoms with Gasteiger partial charge in [-0.25, -0.2) is 0 Å². The molecule has 0 spiro atoms. The largest absolute Gasteiger partial charge is 0.389 e. The predicted molar refractivity (Wildman–Crippen MR) is 64.4 cm³/mol. The molecule has 0 aliphatic heterocycles. The number of benzene rings is 1. The van der Waals surface area contributed by atoms with Crippen LogP contribution >= 0.6 is 34.2 Å². The van der Waals surface area contributed by atoms with E-state index in [1.807, 2.05) is 22.6 Å². The second kappa shape index (κ2) is 5.55. The van der Waals surface area contributed by atoms with Crippen molar-refractivity contribution in [3.05, 3.63) is 32.4 Å². The first-order valence-electron chi connectivity index (χ1n) is 4.49. The minimum absolute atomic E-state index is 0.347. The highest BCUT2D eigenvalue weighted by molar-refractivity contribution is 14.1. The normalized spacial score (nSPS) is 13.9. The van der Waals surface area contributed by atoms with Gasteiger partial charge >= 0.3 is 6.18 Å². The summed E-state index contributed by atoms with van der Waals surface area (Å²) in [7, 11) is 0. The van der Waals surface area contributed by atoms with E-state index in [1.165, 1.54) is 6.07 Å². The Morgan fingerprint density at radius 2 is 2.00 bits per heavy atom. The average Bonchev–Trinajstić information content (AvgIpc) is 2.17. The highest BCUT2D eigenvalue weighted by Crippen LogP contribution is 2.29. The number of halogens is 5. The van der Waals surface area contributed by atoms with Gasteiger partial charge in [-0.2, -0.15) is 13.2 Å². The van der Waals surface area contributed by atoms with E-state index in [4.69, 9.17) is 11.6 Å². The zero-order valence-electron chi connectivity index (χ0n) is 8.06. The summed E-state index contributed by atoms with van der Waals surface area (Å²) in [5, 5.41) is 9.97. The van der Waals surface area contributed by atoms with Gasteiger partial charge in [0.05, 0.1) is 11.1 Å². The Bertz CT molecular complexity index is 368. The highest BCUT2D eigenvalue weighted by Gasteiger charge is 2.28. The lowest BCUT2D eigenvalue weighted by atomic mass is 10.1. The van der Waals surface area contributed by atoms with Gasteiger partial charge in [-0.15, -0.1) is 0 Å². The fourth-order valence-electron chi connectivity index (χ4n) is 1.19. The van der Waals surface area contributed by atoms with E-state index in [-0.39, 0.29) is 6.42 Å². The molecule has 0 aliphatic carbocycles. The van der Waals surface area contributed by atoms with Crippen LogP contribution in [0.2, 0.25) is 5.02 Å². The van der Waals surface area contributed by atoms with Crippen molar-refractivity contribution in [2.24, 2.45) is 0 Å². The third-order valence-corrected chi connectivity index (χ3v) is 3.60. The third-order valence-electron chi connectivity index (χ3n) is 2.03. The molecular weight excluding hydrogens is 355 g/mol. The van der Waals surface area contributed by atoms with Crippen molar-refractivity contribution in [3.8, 4) is 0 Å². The summed E-state index contributed by atoms with van der Waals surface area (Å²) in [4.78, 5) is 0. The second-order valence-electron chi connectivity index (χ2n) is 3.34. The molecule has 1 unspecified atom stereocenters. The summed E-state index contributed by atoms with van der Waals surface area (Å²) in [6.45, 7) is 0. The van der Waals surface area contributed by atoms with E-state index in [0.717, 1.165) is 3.57 Å². The molecule has 1 N–H and O–H groups in total. The Morgan fingerprint density at radius 1 is 1.38 bits per heavy atom. The molecule has 1 atom stereocenters. The van der Waals surface area contributed by atoms with Crippen molar-refractivity contribution in [3.63, 3.8) is 0 Å². The van der Waals surface area contributed by atoms with Crippen LogP contribution in [0, 0.1) is 3.57 Å². The average molecular weight is 365 g/mol. The molecule has 1 aromatic rings. The van der Waals surface area contributed by atoms with Gasteiger partial charge in [-0.3, -0.25) is 0 Å². The first-order chi connectivity index (χ1) is 7.29. The lowest BCUT2D eigenvalue weighted by Gasteiger charge is -2.13. The van der Waals surface area contributed by atoms with E-state index in [0.29, 0.717) is 10.6 Å². The Kier molecular flexibility index (Phi) is 4.88. The number of hydrogen-bond acceptors (Lipinski definition) is 1. The molecule has 6 heteroatoms. The van der Waals surface area contributed by atoms with E-state index >= 15 is 0 Å². The SMILES string of the molecule is OC(CCC(F)(F)F)c1ccc(I)c(Cl)c1.